The van der Waals surface area contributed by atoms with Gasteiger partial charge >= 0.3 is 0 Å². The van der Waals surface area contributed by atoms with Gasteiger partial charge in [-0.25, -0.2) is 4.98 Å². The maximum absolute atomic E-state index is 9.18. The van der Waals surface area contributed by atoms with E-state index in [1.807, 2.05) is 13.0 Å². The van der Waals surface area contributed by atoms with Gasteiger partial charge in [0.2, 0.25) is 0 Å². The second-order valence-electron chi connectivity index (χ2n) is 3.48. The molecule has 2 aromatic heterocycles. The smallest absolute Gasteiger partial charge is 0.254 e. The first kappa shape index (κ1) is 9.85. The van der Waals surface area contributed by atoms with Gasteiger partial charge in [0.15, 0.2) is 0 Å². The normalized spacial score (nSPS) is 13.0. The van der Waals surface area contributed by atoms with Gasteiger partial charge in [-0.3, -0.25) is 0 Å². The molecule has 0 saturated heterocycles. The summed E-state index contributed by atoms with van der Waals surface area (Å²) in [6.07, 6.45) is 1.05. The Kier molecular flexibility index (Phi) is 2.51. The summed E-state index contributed by atoms with van der Waals surface area (Å²) in [6, 6.07) is 1.87. The van der Waals surface area contributed by atoms with Crippen LogP contribution in [0.15, 0.2) is 12.4 Å². The third-order valence-corrected chi connectivity index (χ3v) is 1.96. The minimum absolute atomic E-state index is 0.406. The average Bonchev–Trinajstić information content (AvgIpc) is 2.61. The van der Waals surface area contributed by atoms with E-state index in [9.17, 15) is 5.11 Å². The van der Waals surface area contributed by atoms with Gasteiger partial charge in [0.05, 0.1) is 6.10 Å². The largest absolute Gasteiger partial charge is 0.392 e. The van der Waals surface area contributed by atoms with Crippen LogP contribution in [0.1, 0.15) is 12.6 Å². The van der Waals surface area contributed by atoms with Crippen LogP contribution in [0.4, 0.5) is 5.82 Å². The Balaban J connectivity index is 2.35. The molecule has 0 amide bonds. The molecular weight excluding hydrogens is 194 g/mol. The van der Waals surface area contributed by atoms with Crippen molar-refractivity contribution in [1.82, 2.24) is 19.6 Å². The number of fused-ring (bicyclic) bond motifs is 1. The van der Waals surface area contributed by atoms with Crippen molar-refractivity contribution >= 4 is 11.6 Å². The molecule has 2 rings (SSSR count). The Morgan fingerprint density at radius 2 is 2.40 bits per heavy atom. The summed E-state index contributed by atoms with van der Waals surface area (Å²) in [5.74, 6) is 1.35. The van der Waals surface area contributed by atoms with E-state index in [-0.39, 0.29) is 0 Å². The third kappa shape index (κ3) is 2.04. The van der Waals surface area contributed by atoms with E-state index in [0.29, 0.717) is 12.3 Å². The highest BCUT2D eigenvalue weighted by atomic mass is 16.3. The Hall–Kier alpha value is -1.69. The Morgan fingerprint density at radius 3 is 3.13 bits per heavy atom. The van der Waals surface area contributed by atoms with Crippen molar-refractivity contribution in [3.05, 3.63) is 18.1 Å². The van der Waals surface area contributed by atoms with Crippen molar-refractivity contribution < 1.29 is 5.11 Å². The Labute approximate surface area is 87.0 Å². The molecule has 0 saturated carbocycles. The lowest BCUT2D eigenvalue weighted by atomic mass is 10.4. The summed E-state index contributed by atoms with van der Waals surface area (Å²) >= 11 is 0. The van der Waals surface area contributed by atoms with Crippen LogP contribution in [-0.2, 0) is 0 Å². The van der Waals surface area contributed by atoms with Crippen LogP contribution in [0.25, 0.3) is 5.78 Å². The fourth-order valence-electron chi connectivity index (χ4n) is 1.31. The van der Waals surface area contributed by atoms with Gasteiger partial charge in [0.25, 0.3) is 5.78 Å². The molecule has 1 atom stereocenters. The molecule has 0 aliphatic rings. The number of nitrogens with one attached hydrogen (secondary N) is 1. The van der Waals surface area contributed by atoms with E-state index in [4.69, 9.17) is 0 Å². The fraction of sp³-hybridized carbons (Fsp3) is 0.444. The number of hydrogen-bond donors (Lipinski definition) is 2. The number of nitrogens with zero attached hydrogens (tertiary/aromatic N) is 4. The average molecular weight is 207 g/mol. The van der Waals surface area contributed by atoms with Crippen molar-refractivity contribution in [2.24, 2.45) is 0 Å². The maximum atomic E-state index is 9.18. The number of anilines is 1. The molecule has 0 spiro atoms. The van der Waals surface area contributed by atoms with Gasteiger partial charge in [0.1, 0.15) is 12.1 Å². The molecule has 1 unspecified atom stereocenters. The minimum Gasteiger partial charge on any atom is -0.392 e. The molecule has 80 valence electrons. The zero-order valence-electron chi connectivity index (χ0n) is 8.68. The first-order valence-electron chi connectivity index (χ1n) is 4.76. The summed E-state index contributed by atoms with van der Waals surface area (Å²) < 4.78 is 1.61. The zero-order chi connectivity index (χ0) is 10.8. The Morgan fingerprint density at radius 1 is 1.60 bits per heavy atom. The van der Waals surface area contributed by atoms with Crippen LogP contribution in [0.2, 0.25) is 0 Å². The standard InChI is InChI=1S/C9H13N5O/c1-6-3-8(10-4-7(2)15)14-9(13-6)11-5-12-14/h3,5,7,10,15H,4H2,1-2H3. The van der Waals surface area contributed by atoms with E-state index >= 15 is 0 Å². The van der Waals surface area contributed by atoms with E-state index in [1.54, 1.807) is 11.4 Å². The number of aryl methyl sites for hydroxylation is 1. The molecule has 6 heteroatoms. The summed E-state index contributed by atoms with van der Waals surface area (Å²) in [7, 11) is 0. The monoisotopic (exact) mass is 207 g/mol. The van der Waals surface area contributed by atoms with Crippen LogP contribution < -0.4 is 5.32 Å². The highest BCUT2D eigenvalue weighted by molar-refractivity contribution is 5.44. The first-order valence-corrected chi connectivity index (χ1v) is 4.76. The molecule has 0 aliphatic carbocycles. The highest BCUT2D eigenvalue weighted by Crippen LogP contribution is 2.09. The van der Waals surface area contributed by atoms with Crippen LogP contribution in [-0.4, -0.2) is 37.3 Å². The van der Waals surface area contributed by atoms with Crippen LogP contribution >= 0.6 is 0 Å². The lowest BCUT2D eigenvalue weighted by Gasteiger charge is -2.09. The van der Waals surface area contributed by atoms with Crippen LogP contribution in [0.3, 0.4) is 0 Å². The summed E-state index contributed by atoms with van der Waals surface area (Å²) in [6.45, 7) is 4.08. The number of rotatable bonds is 3. The predicted octanol–water partition coefficient (Wildman–Crippen LogP) is 0.225. The van der Waals surface area contributed by atoms with Gasteiger partial charge in [-0.2, -0.15) is 14.6 Å². The molecule has 6 nitrogen and oxygen atoms in total. The highest BCUT2D eigenvalue weighted by Gasteiger charge is 2.05. The number of hydrogen-bond acceptors (Lipinski definition) is 5. The molecule has 2 N–H and O–H groups in total. The number of aliphatic hydroxyl groups is 1. The molecule has 0 radical (unpaired) electrons. The first-order chi connectivity index (χ1) is 7.16. The molecule has 0 fully saturated rings. The van der Waals surface area contributed by atoms with E-state index < -0.39 is 6.10 Å². The van der Waals surface area contributed by atoms with Crippen molar-refractivity contribution in [3.8, 4) is 0 Å². The van der Waals surface area contributed by atoms with Crippen molar-refractivity contribution in [2.75, 3.05) is 11.9 Å². The van der Waals surface area contributed by atoms with Crippen molar-refractivity contribution in [3.63, 3.8) is 0 Å². The molecule has 0 aromatic carbocycles. The number of aliphatic hydroxyl groups excluding tert-OH is 1. The van der Waals surface area contributed by atoms with Gasteiger partial charge in [-0.05, 0) is 13.8 Å². The van der Waals surface area contributed by atoms with Crippen LogP contribution in [0.5, 0.6) is 0 Å². The molecule has 15 heavy (non-hydrogen) atoms. The van der Waals surface area contributed by atoms with Gasteiger partial charge in [-0.15, -0.1) is 0 Å². The van der Waals surface area contributed by atoms with Crippen LogP contribution in [0, 0.1) is 6.92 Å². The zero-order valence-corrected chi connectivity index (χ0v) is 8.68. The van der Waals surface area contributed by atoms with Gasteiger partial charge in [0, 0.05) is 18.3 Å². The minimum atomic E-state index is -0.406. The van der Waals surface area contributed by atoms with E-state index in [1.165, 1.54) is 6.33 Å². The predicted molar refractivity (Wildman–Crippen MR) is 55.7 cm³/mol. The summed E-state index contributed by atoms with van der Waals surface area (Å²) in [5.41, 5.74) is 0.864. The van der Waals surface area contributed by atoms with Crippen molar-refractivity contribution in [1.29, 1.82) is 0 Å². The molecule has 2 aromatic rings. The van der Waals surface area contributed by atoms with E-state index in [2.05, 4.69) is 20.4 Å². The second-order valence-corrected chi connectivity index (χ2v) is 3.48. The third-order valence-electron chi connectivity index (χ3n) is 1.96. The molecule has 2 heterocycles. The molecule has 0 bridgehead atoms. The number of aromatic nitrogens is 4. The lowest BCUT2D eigenvalue weighted by Crippen LogP contribution is -2.17. The van der Waals surface area contributed by atoms with Gasteiger partial charge < -0.3 is 10.4 Å². The summed E-state index contributed by atoms with van der Waals surface area (Å²) in [4.78, 5) is 8.22. The quantitative estimate of drug-likeness (QED) is 0.753. The summed E-state index contributed by atoms with van der Waals surface area (Å²) in [5, 5.41) is 16.3. The fourth-order valence-corrected chi connectivity index (χ4v) is 1.31. The van der Waals surface area contributed by atoms with Gasteiger partial charge in [-0.1, -0.05) is 0 Å². The topological polar surface area (TPSA) is 75.3 Å². The molecular formula is C9H13N5O. The second kappa shape index (κ2) is 3.82. The van der Waals surface area contributed by atoms with Crippen molar-refractivity contribution in [2.45, 2.75) is 20.0 Å². The molecule has 0 aliphatic heterocycles. The maximum Gasteiger partial charge on any atom is 0.254 e. The van der Waals surface area contributed by atoms with E-state index in [0.717, 1.165) is 11.5 Å². The SMILES string of the molecule is Cc1cc(NCC(C)O)n2ncnc2n1. The Bertz CT molecular complexity index is 464. The lowest BCUT2D eigenvalue weighted by molar-refractivity contribution is 0.208.